The third-order valence-corrected chi connectivity index (χ3v) is 53.1. The molecule has 106 heavy (non-hydrogen) atoms. The topological polar surface area (TPSA) is 25.9 Å². The number of anilines is 8. The van der Waals surface area contributed by atoms with Crippen LogP contribution in [0, 0.1) is 0 Å². The third-order valence-electron chi connectivity index (χ3n) is 27.8. The first kappa shape index (κ1) is 74.0. The molecule has 0 unspecified atom stereocenters. The van der Waals surface area contributed by atoms with E-state index in [4.69, 9.17) is 0 Å². The van der Waals surface area contributed by atoms with Gasteiger partial charge < -0.3 is 0 Å². The fourth-order valence-electron chi connectivity index (χ4n) is 21.2. The van der Waals surface area contributed by atoms with Crippen molar-refractivity contribution in [3.63, 3.8) is 0 Å². The zero-order chi connectivity index (χ0) is 71.6. The normalized spacial score (nSPS) is 19.8. The molecular weight excluding hydrogens is 1360 g/mol. The maximum atomic E-state index is 2.86. The Morgan fingerprint density at radius 1 is 0.170 bits per heavy atom. The summed E-state index contributed by atoms with van der Waals surface area (Å²) in [6, 6.07) is 84.9. The summed E-state index contributed by atoms with van der Waals surface area (Å²) >= 11 is 0. The summed E-state index contributed by atoms with van der Waals surface area (Å²) in [4.78, 5) is 21.7. The molecule has 8 aromatic carbocycles. The second-order valence-corrected chi connectivity index (χ2v) is 52.5. The predicted octanol–water partition coefficient (Wildman–Crippen LogP) is 17.7. The number of hydrogen-bond donors (Lipinski definition) is 0. The third kappa shape index (κ3) is 16.4. The summed E-state index contributed by atoms with van der Waals surface area (Å²) in [5, 5.41) is 12.9. The van der Waals surface area contributed by atoms with Crippen LogP contribution in [0.25, 0.3) is 0 Å². The molecule has 0 aliphatic carbocycles. The Labute approximate surface area is 642 Å². The van der Waals surface area contributed by atoms with Crippen molar-refractivity contribution in [1.82, 2.24) is 0 Å². The minimum absolute atomic E-state index is 1.15. The Morgan fingerprint density at radius 3 is 0.425 bits per heavy atom. The molecule has 8 fully saturated rings. The number of piperidine rings is 8. The summed E-state index contributed by atoms with van der Waals surface area (Å²) in [5.74, 6) is 2.38. The quantitative estimate of drug-likeness (QED) is 0.0585. The van der Waals surface area contributed by atoms with Gasteiger partial charge in [-0.2, -0.15) is 0 Å². The van der Waals surface area contributed by atoms with E-state index >= 15 is 0 Å². The van der Waals surface area contributed by atoms with E-state index in [0.717, 1.165) is 105 Å². The second-order valence-electron chi connectivity index (χ2n) is 34.4. The average molecular weight is 1500 g/mol. The average Bonchev–Trinajstić information content (AvgIpc) is 0.732. The number of nitrogens with zero attached hydrogens (tertiary/aromatic N) is 8. The van der Waals surface area contributed by atoms with Crippen LogP contribution in [-0.4, -0.2) is 142 Å². The molecule has 8 aliphatic rings. The molecule has 0 amide bonds. The molecule has 8 saturated heterocycles. The van der Waals surface area contributed by atoms with Crippen LogP contribution in [0.4, 0.5) is 45.5 Å². The number of rotatable bonds is 23. The first-order valence-electron chi connectivity index (χ1n) is 43.0. The fourth-order valence-corrected chi connectivity index (χ4v) is 51.5. The molecule has 0 aromatic heterocycles. The zero-order valence-corrected chi connectivity index (χ0v) is 69.2. The maximum absolute atomic E-state index is 3.00. The van der Waals surface area contributed by atoms with Gasteiger partial charge in [0, 0.05) is 0 Å². The molecule has 8 aromatic rings. The van der Waals surface area contributed by atoms with E-state index in [-0.39, 0.29) is 0 Å². The van der Waals surface area contributed by atoms with Crippen molar-refractivity contribution in [3.8, 4) is 0 Å². The zero-order valence-electron chi connectivity index (χ0n) is 65.2. The first-order chi connectivity index (χ1) is 52.2. The van der Waals surface area contributed by atoms with Crippen molar-refractivity contribution < 1.29 is 0 Å². The van der Waals surface area contributed by atoms with Gasteiger partial charge in [0.2, 0.25) is 0 Å². The Hall–Kier alpha value is -6.12. The van der Waals surface area contributed by atoms with Gasteiger partial charge in [-0.3, -0.25) is 0 Å². The molecule has 0 atom stereocenters. The summed E-state index contributed by atoms with van der Waals surface area (Å²) in [6.07, 6.45) is 33.5. The van der Waals surface area contributed by atoms with E-state index in [1.54, 1.807) is 42.4 Å². The van der Waals surface area contributed by atoms with Crippen molar-refractivity contribution in [2.75, 3.05) is 181 Å². The van der Waals surface area contributed by atoms with Crippen LogP contribution in [0.15, 0.2) is 194 Å². The van der Waals surface area contributed by atoms with Gasteiger partial charge in [-0.25, -0.2) is 0 Å². The molecule has 0 saturated carbocycles. The van der Waals surface area contributed by atoms with Crippen LogP contribution in [0.2, 0.25) is 0 Å². The summed E-state index contributed by atoms with van der Waals surface area (Å²) < 4.78 is 0. The van der Waals surface area contributed by atoms with Gasteiger partial charge in [0.1, 0.15) is 0 Å². The van der Waals surface area contributed by atoms with E-state index in [2.05, 4.69) is 247 Å². The molecule has 8 nitrogen and oxygen atoms in total. The van der Waals surface area contributed by atoms with Gasteiger partial charge in [0.05, 0.1) is 0 Å². The van der Waals surface area contributed by atoms with Gasteiger partial charge in [0.15, 0.2) is 0 Å². The van der Waals surface area contributed by atoms with Gasteiger partial charge in [0.25, 0.3) is 0 Å². The van der Waals surface area contributed by atoms with Crippen molar-refractivity contribution in [2.45, 2.75) is 154 Å². The van der Waals surface area contributed by atoms with Gasteiger partial charge in [-0.05, 0) is 0 Å². The Kier molecular flexibility index (Phi) is 24.0. The predicted molar refractivity (Wildman–Crippen MR) is 482 cm³/mol. The van der Waals surface area contributed by atoms with Crippen LogP contribution in [0.5, 0.6) is 0 Å². The minimum atomic E-state index is -3.00. The van der Waals surface area contributed by atoms with Crippen molar-refractivity contribution in [2.24, 2.45) is 0 Å². The molecule has 566 valence electrons. The summed E-state index contributed by atoms with van der Waals surface area (Å²) in [5.41, 5.74) is 11.3. The molecule has 8 aliphatic heterocycles. The van der Waals surface area contributed by atoms with Crippen LogP contribution >= 0.6 is 29.0 Å². The summed E-state index contributed by atoms with van der Waals surface area (Å²) in [7, 11) is -11.5. The Bertz CT molecular complexity index is 3520. The molecular formula is C94H130N8P4. The van der Waals surface area contributed by atoms with Crippen LogP contribution in [-0.2, 0) is 0 Å². The van der Waals surface area contributed by atoms with E-state index in [1.807, 2.05) is 0 Å². The standard InChI is InChI=1S/C94H130N8P4/c1-103(87-43-27-79(28-44-87)95-59-11-3-12-60-95,88-45-29-80(30-46-88)96-61-13-4-14-62-96)77-105(91-51-35-83(36-52-91)99-67-19-7-20-68-99,92-53-37-84(38-54-92)100-69-21-8-22-70-100)75-76-106(93-55-39-85(40-56-93)101-71-23-9-24-72-101,94-57-41-86(42-58-94)102-73-25-10-26-74-102)78-104(2,89-47-31-81(32-48-89)97-63-15-5-16-64-97)90-49-33-82(34-50-90)98-65-17-6-18-66-98/h27-58,103-106H,3-26,59-78H2,1-2H3. The van der Waals surface area contributed by atoms with Gasteiger partial charge in [-0.15, -0.1) is 0 Å². The van der Waals surface area contributed by atoms with Crippen LogP contribution in [0.1, 0.15) is 154 Å². The molecule has 0 N–H and O–H groups in total. The van der Waals surface area contributed by atoms with E-state index in [0.29, 0.717) is 0 Å². The van der Waals surface area contributed by atoms with Crippen molar-refractivity contribution in [1.29, 1.82) is 0 Å². The van der Waals surface area contributed by atoms with E-state index < -0.39 is 29.0 Å². The second kappa shape index (κ2) is 34.4. The van der Waals surface area contributed by atoms with Crippen LogP contribution < -0.4 is 81.6 Å². The molecule has 0 bridgehead atoms. The van der Waals surface area contributed by atoms with Gasteiger partial charge in [-0.1, -0.05) is 0 Å². The Balaban J connectivity index is 0.928. The number of hydrogen-bond acceptors (Lipinski definition) is 8. The molecule has 0 radical (unpaired) electrons. The molecule has 0 spiro atoms. The molecule has 8 heterocycles. The monoisotopic (exact) mass is 1490 g/mol. The Morgan fingerprint density at radius 2 is 0.292 bits per heavy atom. The first-order valence-corrected chi connectivity index (χ1v) is 53.3. The van der Waals surface area contributed by atoms with Gasteiger partial charge >= 0.3 is 647 Å². The molecule has 16 rings (SSSR count). The SMILES string of the molecule is C[PH](C[PH](CC[PH](C[PH](C)(c1ccc(N2CCCCC2)cc1)c1ccc(N2CCCCC2)cc1)(c1ccc(N2CCCCC2)cc1)c1ccc(N2CCCCC2)cc1)(c1ccc(N2CCCCC2)cc1)c1ccc(N2CCCCC2)cc1)(c1ccc(N2CCCCC2)cc1)c1ccc(N2CCCCC2)cc1. The molecule has 12 heteroatoms. The fraction of sp³-hybridized carbons (Fsp3) is 0.489. The summed E-state index contributed by atoms with van der Waals surface area (Å²) in [6.45, 7) is 24.2. The van der Waals surface area contributed by atoms with Crippen LogP contribution in [0.3, 0.4) is 0 Å². The van der Waals surface area contributed by atoms with Crippen molar-refractivity contribution >= 4 is 117 Å². The van der Waals surface area contributed by atoms with E-state index in [9.17, 15) is 0 Å². The van der Waals surface area contributed by atoms with E-state index in [1.165, 1.54) is 224 Å². The van der Waals surface area contributed by atoms with Crippen molar-refractivity contribution in [3.05, 3.63) is 194 Å². The number of benzene rings is 8.